The van der Waals surface area contributed by atoms with Gasteiger partial charge in [-0.05, 0) is 25.3 Å². The van der Waals surface area contributed by atoms with Gasteiger partial charge in [0, 0.05) is 43.2 Å². The van der Waals surface area contributed by atoms with Gasteiger partial charge in [-0.2, -0.15) is 0 Å². The van der Waals surface area contributed by atoms with Crippen molar-refractivity contribution in [2.24, 2.45) is 5.92 Å². The number of hydrogen-bond acceptors (Lipinski definition) is 4. The van der Waals surface area contributed by atoms with E-state index in [2.05, 4.69) is 36.0 Å². The molecule has 2 rings (SSSR count). The summed E-state index contributed by atoms with van der Waals surface area (Å²) in [6.07, 6.45) is 5.91. The molecule has 19 heavy (non-hydrogen) atoms. The number of likely N-dealkylation sites (tertiary alicyclic amines) is 1. The predicted octanol–water partition coefficient (Wildman–Crippen LogP) is 2.92. The highest BCUT2D eigenvalue weighted by Gasteiger charge is 2.16. The van der Waals surface area contributed by atoms with Crippen LogP contribution >= 0.6 is 11.3 Å². The number of nitrogens with one attached hydrogen (secondary N) is 1. The molecule has 0 saturated carbocycles. The van der Waals surface area contributed by atoms with Crippen molar-refractivity contribution in [1.82, 2.24) is 15.2 Å². The molecule has 1 aliphatic rings. The van der Waals surface area contributed by atoms with Crippen molar-refractivity contribution in [3.63, 3.8) is 0 Å². The summed E-state index contributed by atoms with van der Waals surface area (Å²) in [5.41, 5.74) is 0. The monoisotopic (exact) mass is 281 g/mol. The van der Waals surface area contributed by atoms with E-state index >= 15 is 0 Å². The van der Waals surface area contributed by atoms with Crippen LogP contribution in [-0.2, 0) is 13.0 Å². The van der Waals surface area contributed by atoms with E-state index in [9.17, 15) is 0 Å². The van der Waals surface area contributed by atoms with Gasteiger partial charge in [-0.15, -0.1) is 11.3 Å². The van der Waals surface area contributed by atoms with Gasteiger partial charge in [0.15, 0.2) is 0 Å². The molecule has 0 spiro atoms. The SMILES string of the molecule is CC1CCCN(CCc2ncc(CNC(C)C)s2)C1. The van der Waals surface area contributed by atoms with E-state index in [0.29, 0.717) is 6.04 Å². The molecule has 2 heterocycles. The van der Waals surface area contributed by atoms with Gasteiger partial charge in [-0.1, -0.05) is 20.8 Å². The molecular formula is C15H27N3S. The lowest BCUT2D eigenvalue weighted by Crippen LogP contribution is -2.35. The molecule has 1 unspecified atom stereocenters. The Morgan fingerprint density at radius 1 is 1.53 bits per heavy atom. The predicted molar refractivity (Wildman–Crippen MR) is 82.6 cm³/mol. The molecule has 0 bridgehead atoms. The van der Waals surface area contributed by atoms with Crippen LogP contribution < -0.4 is 5.32 Å². The van der Waals surface area contributed by atoms with E-state index in [1.807, 2.05) is 17.5 Å². The average molecular weight is 281 g/mol. The summed E-state index contributed by atoms with van der Waals surface area (Å²) in [5.74, 6) is 0.871. The van der Waals surface area contributed by atoms with Crippen molar-refractivity contribution in [2.75, 3.05) is 19.6 Å². The average Bonchev–Trinajstić information content (AvgIpc) is 2.82. The van der Waals surface area contributed by atoms with Crippen LogP contribution in [0.5, 0.6) is 0 Å². The summed E-state index contributed by atoms with van der Waals surface area (Å²) in [6.45, 7) is 11.4. The fourth-order valence-corrected chi connectivity index (χ4v) is 3.46. The Kier molecular flexibility index (Phi) is 5.79. The van der Waals surface area contributed by atoms with Gasteiger partial charge in [0.1, 0.15) is 0 Å². The molecule has 1 N–H and O–H groups in total. The molecule has 0 aromatic carbocycles. The van der Waals surface area contributed by atoms with Crippen LogP contribution in [0.15, 0.2) is 6.20 Å². The normalized spacial score (nSPS) is 21.2. The summed E-state index contributed by atoms with van der Waals surface area (Å²) in [6, 6.07) is 0.542. The van der Waals surface area contributed by atoms with Gasteiger partial charge < -0.3 is 10.2 Å². The van der Waals surface area contributed by atoms with Crippen LogP contribution in [0.1, 0.15) is 43.5 Å². The summed E-state index contributed by atoms with van der Waals surface area (Å²) in [5, 5.41) is 4.74. The maximum atomic E-state index is 4.55. The topological polar surface area (TPSA) is 28.2 Å². The fraction of sp³-hybridized carbons (Fsp3) is 0.800. The van der Waals surface area contributed by atoms with Crippen molar-refractivity contribution in [2.45, 2.75) is 52.6 Å². The zero-order chi connectivity index (χ0) is 13.7. The van der Waals surface area contributed by atoms with Crippen molar-refractivity contribution in [3.05, 3.63) is 16.1 Å². The second-order valence-electron chi connectivity index (χ2n) is 6.05. The molecule has 1 saturated heterocycles. The molecule has 0 aliphatic carbocycles. The van der Waals surface area contributed by atoms with Crippen molar-refractivity contribution in [3.8, 4) is 0 Å². The molecule has 3 nitrogen and oxygen atoms in total. The molecule has 1 aliphatic heterocycles. The van der Waals surface area contributed by atoms with Gasteiger partial charge in [0.2, 0.25) is 0 Å². The minimum absolute atomic E-state index is 0.542. The van der Waals surface area contributed by atoms with E-state index < -0.39 is 0 Å². The summed E-state index contributed by atoms with van der Waals surface area (Å²) >= 11 is 1.86. The molecular weight excluding hydrogens is 254 g/mol. The molecule has 1 aromatic heterocycles. The minimum atomic E-state index is 0.542. The highest BCUT2D eigenvalue weighted by atomic mass is 32.1. The van der Waals surface area contributed by atoms with Gasteiger partial charge in [0.05, 0.1) is 5.01 Å². The third-order valence-electron chi connectivity index (χ3n) is 3.67. The Balaban J connectivity index is 1.73. The van der Waals surface area contributed by atoms with E-state index in [0.717, 1.165) is 18.9 Å². The van der Waals surface area contributed by atoms with Crippen molar-refractivity contribution < 1.29 is 0 Å². The first kappa shape index (κ1) is 14.9. The lowest BCUT2D eigenvalue weighted by molar-refractivity contribution is 0.186. The second kappa shape index (κ2) is 7.36. The fourth-order valence-electron chi connectivity index (χ4n) is 2.59. The molecule has 4 heteroatoms. The van der Waals surface area contributed by atoms with Crippen LogP contribution in [0.4, 0.5) is 0 Å². The van der Waals surface area contributed by atoms with Gasteiger partial charge in [0.25, 0.3) is 0 Å². The first-order valence-electron chi connectivity index (χ1n) is 7.53. The first-order valence-corrected chi connectivity index (χ1v) is 8.34. The summed E-state index contributed by atoms with van der Waals surface area (Å²) in [4.78, 5) is 8.51. The zero-order valence-electron chi connectivity index (χ0n) is 12.5. The highest BCUT2D eigenvalue weighted by Crippen LogP contribution is 2.17. The zero-order valence-corrected chi connectivity index (χ0v) is 13.3. The molecule has 108 valence electrons. The van der Waals surface area contributed by atoms with Crippen LogP contribution in [0.2, 0.25) is 0 Å². The third-order valence-corrected chi connectivity index (χ3v) is 4.73. The smallest absolute Gasteiger partial charge is 0.0940 e. The quantitative estimate of drug-likeness (QED) is 0.869. The Morgan fingerprint density at radius 3 is 3.11 bits per heavy atom. The molecule has 1 aromatic rings. The Bertz CT molecular complexity index is 375. The highest BCUT2D eigenvalue weighted by molar-refractivity contribution is 7.11. The van der Waals surface area contributed by atoms with E-state index in [1.165, 1.54) is 42.4 Å². The summed E-state index contributed by atoms with van der Waals surface area (Å²) in [7, 11) is 0. The van der Waals surface area contributed by atoms with Gasteiger partial charge in [-0.3, -0.25) is 0 Å². The number of piperidine rings is 1. The van der Waals surface area contributed by atoms with E-state index in [4.69, 9.17) is 0 Å². The lowest BCUT2D eigenvalue weighted by atomic mass is 10.0. The Labute approximate surface area is 121 Å². The van der Waals surface area contributed by atoms with E-state index in [-0.39, 0.29) is 0 Å². The third kappa shape index (κ3) is 5.21. The number of aromatic nitrogens is 1. The number of thiazole rings is 1. The number of nitrogens with zero attached hydrogens (tertiary/aromatic N) is 2. The van der Waals surface area contributed by atoms with Crippen molar-refractivity contribution in [1.29, 1.82) is 0 Å². The molecule has 0 amide bonds. The largest absolute Gasteiger partial charge is 0.310 e. The number of rotatable bonds is 6. The van der Waals surface area contributed by atoms with Crippen molar-refractivity contribution >= 4 is 11.3 Å². The first-order chi connectivity index (χ1) is 9.13. The Hall–Kier alpha value is -0.450. The van der Waals surface area contributed by atoms with Gasteiger partial charge >= 0.3 is 0 Å². The maximum Gasteiger partial charge on any atom is 0.0940 e. The van der Waals surface area contributed by atoms with Crippen LogP contribution in [0, 0.1) is 5.92 Å². The number of hydrogen-bond donors (Lipinski definition) is 1. The Morgan fingerprint density at radius 2 is 2.37 bits per heavy atom. The molecule has 1 fully saturated rings. The standard InChI is InChI=1S/C15H27N3S/c1-12(2)16-9-14-10-17-15(19-14)6-8-18-7-4-5-13(3)11-18/h10,12-13,16H,4-9,11H2,1-3H3. The van der Waals surface area contributed by atoms with E-state index in [1.54, 1.807) is 0 Å². The maximum absolute atomic E-state index is 4.55. The lowest BCUT2D eigenvalue weighted by Gasteiger charge is -2.30. The summed E-state index contributed by atoms with van der Waals surface area (Å²) < 4.78 is 0. The van der Waals surface area contributed by atoms with Crippen LogP contribution in [0.25, 0.3) is 0 Å². The minimum Gasteiger partial charge on any atom is -0.310 e. The van der Waals surface area contributed by atoms with Crippen LogP contribution in [-0.4, -0.2) is 35.6 Å². The van der Waals surface area contributed by atoms with Crippen LogP contribution in [0.3, 0.4) is 0 Å². The van der Waals surface area contributed by atoms with Gasteiger partial charge in [-0.25, -0.2) is 4.98 Å². The molecule has 0 radical (unpaired) electrons. The molecule has 1 atom stereocenters. The second-order valence-corrected chi connectivity index (χ2v) is 7.25.